The highest BCUT2D eigenvalue weighted by molar-refractivity contribution is 7.89. The Labute approximate surface area is 184 Å². The number of carbonyl (C=O) groups excluding carboxylic acids is 1. The van der Waals surface area contributed by atoms with Gasteiger partial charge in [-0.05, 0) is 43.0 Å². The zero-order chi connectivity index (χ0) is 22.0. The van der Waals surface area contributed by atoms with Gasteiger partial charge in [0.15, 0.2) is 0 Å². The fraction of sp³-hybridized carbons (Fsp3) is 0.458. The highest BCUT2D eigenvalue weighted by Gasteiger charge is 2.43. The molecule has 0 radical (unpaired) electrons. The van der Waals surface area contributed by atoms with Crippen molar-refractivity contribution in [2.24, 2.45) is 5.92 Å². The van der Waals surface area contributed by atoms with Crippen LogP contribution in [0.25, 0.3) is 0 Å². The first-order valence-electron chi connectivity index (χ1n) is 11.0. The summed E-state index contributed by atoms with van der Waals surface area (Å²) in [6.07, 6.45) is 1.62. The molecule has 2 aromatic carbocycles. The van der Waals surface area contributed by atoms with E-state index in [1.165, 1.54) is 0 Å². The first kappa shape index (κ1) is 21.8. The first-order valence-corrected chi connectivity index (χ1v) is 12.4. The molecule has 31 heavy (non-hydrogen) atoms. The van der Waals surface area contributed by atoms with Gasteiger partial charge in [0.05, 0.1) is 6.04 Å². The van der Waals surface area contributed by atoms with Crippen molar-refractivity contribution in [3.05, 3.63) is 60.2 Å². The molecule has 0 aromatic heterocycles. The van der Waals surface area contributed by atoms with E-state index in [4.69, 9.17) is 4.74 Å². The van der Waals surface area contributed by atoms with Crippen molar-refractivity contribution in [2.45, 2.75) is 50.2 Å². The summed E-state index contributed by atoms with van der Waals surface area (Å²) >= 11 is 0. The van der Waals surface area contributed by atoms with Crippen LogP contribution in [0.2, 0.25) is 0 Å². The van der Waals surface area contributed by atoms with E-state index in [1.54, 1.807) is 28.6 Å². The lowest BCUT2D eigenvalue weighted by atomic mass is 10.0. The van der Waals surface area contributed by atoms with Gasteiger partial charge in [-0.3, -0.25) is 4.79 Å². The topological polar surface area (TPSA) is 66.9 Å². The van der Waals surface area contributed by atoms with Gasteiger partial charge in [0.2, 0.25) is 10.0 Å². The molecule has 2 aliphatic heterocycles. The van der Waals surface area contributed by atoms with Gasteiger partial charge in [0.1, 0.15) is 16.7 Å². The quantitative estimate of drug-likeness (QED) is 0.723. The molecule has 7 heteroatoms. The fourth-order valence-electron chi connectivity index (χ4n) is 4.39. The molecule has 166 valence electrons. The van der Waals surface area contributed by atoms with E-state index in [-0.39, 0.29) is 22.9 Å². The van der Waals surface area contributed by atoms with E-state index in [9.17, 15) is 13.2 Å². The van der Waals surface area contributed by atoms with Crippen LogP contribution < -0.4 is 4.74 Å². The molecule has 2 aliphatic rings. The van der Waals surface area contributed by atoms with Crippen molar-refractivity contribution < 1.29 is 17.9 Å². The number of hydrogen-bond donors (Lipinski definition) is 0. The van der Waals surface area contributed by atoms with Crippen LogP contribution >= 0.6 is 0 Å². The van der Waals surface area contributed by atoms with Gasteiger partial charge >= 0.3 is 0 Å². The van der Waals surface area contributed by atoms with Crippen molar-refractivity contribution in [3.63, 3.8) is 0 Å². The molecule has 4 rings (SSSR count). The average molecular weight is 443 g/mol. The number of carbonyl (C=O) groups is 1. The van der Waals surface area contributed by atoms with Crippen LogP contribution in [-0.2, 0) is 10.0 Å². The predicted molar refractivity (Wildman–Crippen MR) is 120 cm³/mol. The highest BCUT2D eigenvalue weighted by atomic mass is 32.2. The molecule has 0 N–H and O–H groups in total. The number of sulfonamides is 1. The van der Waals surface area contributed by atoms with Gasteiger partial charge in [0.25, 0.3) is 5.91 Å². The van der Waals surface area contributed by atoms with Crippen LogP contribution in [0.4, 0.5) is 0 Å². The monoisotopic (exact) mass is 442 g/mol. The van der Waals surface area contributed by atoms with Crippen LogP contribution in [0.15, 0.2) is 59.5 Å². The summed E-state index contributed by atoms with van der Waals surface area (Å²) in [5, 5.41) is 0. The van der Waals surface area contributed by atoms with E-state index < -0.39 is 10.0 Å². The lowest BCUT2D eigenvalue weighted by molar-refractivity contribution is 0.0755. The van der Waals surface area contributed by atoms with Crippen molar-refractivity contribution in [1.82, 2.24) is 9.21 Å². The van der Waals surface area contributed by atoms with Gasteiger partial charge in [-0.1, -0.05) is 44.2 Å². The maximum absolute atomic E-state index is 13.6. The van der Waals surface area contributed by atoms with Gasteiger partial charge in [-0.25, -0.2) is 8.42 Å². The molecule has 2 atom stereocenters. The normalized spacial score (nSPS) is 23.3. The van der Waals surface area contributed by atoms with Crippen LogP contribution in [0.5, 0.6) is 5.75 Å². The summed E-state index contributed by atoms with van der Waals surface area (Å²) in [4.78, 5) is 15.1. The van der Waals surface area contributed by atoms with Crippen molar-refractivity contribution in [2.75, 3.05) is 19.6 Å². The highest BCUT2D eigenvalue weighted by Crippen LogP contribution is 2.36. The Bertz CT molecular complexity index is 1020. The Morgan fingerprint density at radius 3 is 2.45 bits per heavy atom. The van der Waals surface area contributed by atoms with E-state index in [0.717, 1.165) is 6.42 Å². The molecule has 1 saturated heterocycles. The molecule has 1 fully saturated rings. The molecule has 0 bridgehead atoms. The number of rotatable bonds is 4. The number of fused-ring (bicyclic) bond motifs is 2. The SMILES string of the molecule is CC(C)CCN1[C@@H]2CCN(C(=O)c3ccccc3)CC[C@H]2Oc2ccccc2S1(=O)=O. The maximum atomic E-state index is 13.6. The predicted octanol–water partition coefficient (Wildman–Crippen LogP) is 3.79. The number of nitrogens with zero attached hydrogens (tertiary/aromatic N) is 2. The van der Waals surface area contributed by atoms with Crippen molar-refractivity contribution >= 4 is 15.9 Å². The fourth-order valence-corrected chi connectivity index (χ4v) is 6.21. The van der Waals surface area contributed by atoms with Gasteiger partial charge < -0.3 is 9.64 Å². The van der Waals surface area contributed by atoms with Gasteiger partial charge in [-0.2, -0.15) is 4.31 Å². The lowest BCUT2D eigenvalue weighted by Gasteiger charge is -2.32. The Morgan fingerprint density at radius 2 is 1.71 bits per heavy atom. The van der Waals surface area contributed by atoms with Crippen LogP contribution in [0, 0.1) is 5.92 Å². The van der Waals surface area contributed by atoms with Crippen molar-refractivity contribution in [3.8, 4) is 5.75 Å². The first-order chi connectivity index (χ1) is 14.9. The van der Waals surface area contributed by atoms with E-state index in [2.05, 4.69) is 13.8 Å². The van der Waals surface area contributed by atoms with Crippen LogP contribution in [-0.4, -0.2) is 55.3 Å². The summed E-state index contributed by atoms with van der Waals surface area (Å²) < 4.78 is 35.1. The van der Waals surface area contributed by atoms with Crippen molar-refractivity contribution in [1.29, 1.82) is 0 Å². The molecule has 0 spiro atoms. The molecule has 2 aromatic rings. The zero-order valence-electron chi connectivity index (χ0n) is 18.1. The van der Waals surface area contributed by atoms with Gasteiger partial charge in [0, 0.05) is 31.6 Å². The second kappa shape index (κ2) is 9.01. The molecule has 6 nitrogen and oxygen atoms in total. The minimum Gasteiger partial charge on any atom is -0.487 e. The number of ether oxygens (including phenoxy) is 1. The molecule has 1 amide bonds. The smallest absolute Gasteiger partial charge is 0.253 e. The Morgan fingerprint density at radius 1 is 1.03 bits per heavy atom. The second-order valence-corrected chi connectivity index (χ2v) is 10.6. The third-order valence-electron chi connectivity index (χ3n) is 6.13. The molecule has 2 heterocycles. The molecule has 0 unspecified atom stereocenters. The average Bonchev–Trinajstić information content (AvgIpc) is 3.01. The zero-order valence-corrected chi connectivity index (χ0v) is 18.9. The van der Waals surface area contributed by atoms with Crippen LogP contribution in [0.1, 0.15) is 43.5 Å². The second-order valence-electron chi connectivity index (χ2n) is 8.70. The molecule has 0 saturated carbocycles. The third-order valence-corrected chi connectivity index (χ3v) is 8.09. The molecular formula is C24H30N2O4S. The lowest BCUT2D eigenvalue weighted by Crippen LogP contribution is -2.47. The summed E-state index contributed by atoms with van der Waals surface area (Å²) in [6.45, 7) is 5.68. The number of likely N-dealkylation sites (tertiary alicyclic amines) is 1. The summed E-state index contributed by atoms with van der Waals surface area (Å²) in [6, 6.07) is 15.8. The Kier molecular flexibility index (Phi) is 6.34. The largest absolute Gasteiger partial charge is 0.487 e. The van der Waals surface area contributed by atoms with Crippen LogP contribution in [0.3, 0.4) is 0 Å². The Balaban J connectivity index is 1.65. The number of benzene rings is 2. The molecular weight excluding hydrogens is 412 g/mol. The standard InChI is InChI=1S/C24H30N2O4S/c1-18(2)12-17-26-20-13-15-25(24(27)19-8-4-3-5-9-19)16-14-21(20)30-22-10-6-7-11-23(22)31(26,28)29/h3-11,18,20-21H,12-17H2,1-2H3/t20-,21-/m1/s1. The van der Waals surface area contributed by atoms with E-state index in [1.807, 2.05) is 35.2 Å². The van der Waals surface area contributed by atoms with E-state index in [0.29, 0.717) is 49.7 Å². The number of para-hydroxylation sites is 1. The maximum Gasteiger partial charge on any atom is 0.253 e. The van der Waals surface area contributed by atoms with E-state index >= 15 is 0 Å². The minimum absolute atomic E-state index is 0.0194. The number of amides is 1. The minimum atomic E-state index is -3.69. The summed E-state index contributed by atoms with van der Waals surface area (Å²) in [7, 11) is -3.69. The summed E-state index contributed by atoms with van der Waals surface area (Å²) in [5.74, 6) is 0.774. The third kappa shape index (κ3) is 4.48. The number of hydrogen-bond acceptors (Lipinski definition) is 4. The molecule has 0 aliphatic carbocycles. The summed E-state index contributed by atoms with van der Waals surface area (Å²) in [5.41, 5.74) is 0.653. The van der Waals surface area contributed by atoms with Gasteiger partial charge in [-0.15, -0.1) is 0 Å². The Hall–Kier alpha value is -2.38.